The van der Waals surface area contributed by atoms with Gasteiger partial charge in [0.25, 0.3) is 0 Å². The quantitative estimate of drug-likeness (QED) is 0.640. The summed E-state index contributed by atoms with van der Waals surface area (Å²) in [7, 11) is 0. The summed E-state index contributed by atoms with van der Waals surface area (Å²) in [5.74, 6) is 0.153. The van der Waals surface area contributed by atoms with Gasteiger partial charge in [-0.3, -0.25) is 0 Å². The second kappa shape index (κ2) is 2.75. The molecule has 2 rings (SSSR count). The van der Waals surface area contributed by atoms with Gasteiger partial charge in [0.15, 0.2) is 11.4 Å². The maximum absolute atomic E-state index is 9.14. The van der Waals surface area contributed by atoms with Gasteiger partial charge in [-0.25, -0.2) is 9.50 Å². The van der Waals surface area contributed by atoms with Crippen LogP contribution in [0.5, 0.6) is 5.75 Å². The summed E-state index contributed by atoms with van der Waals surface area (Å²) in [5, 5.41) is 13.0. The number of hydrogen-bond acceptors (Lipinski definition) is 3. The molecule has 0 saturated heterocycles. The lowest BCUT2D eigenvalue weighted by Crippen LogP contribution is -1.87. The monoisotopic (exact) mass is 171 g/mol. The van der Waals surface area contributed by atoms with Gasteiger partial charge in [0, 0.05) is 18.5 Å². The highest BCUT2D eigenvalue weighted by Crippen LogP contribution is 2.11. The molecule has 0 saturated carbocycles. The molecule has 1 N–H and O–H groups in total. The Morgan fingerprint density at radius 3 is 2.91 bits per heavy atom. The number of aromatic nitrogens is 3. The van der Waals surface area contributed by atoms with Crippen LogP contribution in [0.2, 0.25) is 0 Å². The molecule has 0 aliphatic rings. The Hall–Kier alpha value is -1.29. The Morgan fingerprint density at radius 2 is 2.18 bits per heavy atom. The molecule has 4 nitrogen and oxygen atoms in total. The number of hydrogen-bond donors (Lipinski definition) is 1. The van der Waals surface area contributed by atoms with Crippen molar-refractivity contribution in [3.8, 4) is 5.75 Å². The van der Waals surface area contributed by atoms with Gasteiger partial charge in [0.05, 0.1) is 6.20 Å². The second-order valence-electron chi connectivity index (χ2n) is 1.91. The Labute approximate surface area is 68.9 Å². The van der Waals surface area contributed by atoms with E-state index in [9.17, 15) is 0 Å². The van der Waals surface area contributed by atoms with Gasteiger partial charge in [-0.1, -0.05) is 0 Å². The van der Waals surface area contributed by atoms with E-state index in [1.807, 2.05) is 0 Å². The molecule has 0 fully saturated rings. The van der Waals surface area contributed by atoms with Crippen molar-refractivity contribution in [1.29, 1.82) is 0 Å². The normalized spacial score (nSPS) is 9.45. The van der Waals surface area contributed by atoms with Crippen molar-refractivity contribution < 1.29 is 5.11 Å². The smallest absolute Gasteiger partial charge is 0.196 e. The van der Waals surface area contributed by atoms with E-state index in [4.69, 9.17) is 5.11 Å². The molecule has 0 aliphatic heterocycles. The molecule has 58 valence electrons. The predicted octanol–water partition coefficient (Wildman–Crippen LogP) is 0.857. The van der Waals surface area contributed by atoms with E-state index >= 15 is 0 Å². The Bertz CT molecular complexity index is 359. The molecule has 0 bridgehead atoms. The average Bonchev–Trinajstić information content (AvgIpc) is 2.36. The third-order valence-corrected chi connectivity index (χ3v) is 1.27. The lowest BCUT2D eigenvalue weighted by Gasteiger charge is -1.91. The van der Waals surface area contributed by atoms with Gasteiger partial charge in [0.1, 0.15) is 0 Å². The maximum atomic E-state index is 9.14. The van der Waals surface area contributed by atoms with E-state index in [2.05, 4.69) is 10.1 Å². The van der Waals surface area contributed by atoms with Gasteiger partial charge >= 0.3 is 0 Å². The minimum absolute atomic E-state index is 0. The first kappa shape index (κ1) is 7.81. The van der Waals surface area contributed by atoms with Gasteiger partial charge < -0.3 is 5.11 Å². The molecule has 11 heavy (non-hydrogen) atoms. The second-order valence-corrected chi connectivity index (χ2v) is 1.91. The van der Waals surface area contributed by atoms with Gasteiger partial charge in [-0.05, 0) is 0 Å². The zero-order valence-corrected chi connectivity index (χ0v) is 6.32. The predicted molar refractivity (Wildman–Crippen MR) is 41.9 cm³/mol. The van der Waals surface area contributed by atoms with Crippen molar-refractivity contribution >= 4 is 18.1 Å². The molecule has 0 spiro atoms. The molecule has 0 unspecified atom stereocenters. The molecule has 2 heterocycles. The van der Waals surface area contributed by atoms with Crippen molar-refractivity contribution in [1.82, 2.24) is 14.6 Å². The molecular weight excluding hydrogens is 166 g/mol. The minimum Gasteiger partial charge on any atom is -0.504 e. The third kappa shape index (κ3) is 1.12. The molecule has 2 aromatic heterocycles. The first-order valence-electron chi connectivity index (χ1n) is 2.85. The molecule has 0 atom stereocenters. The van der Waals surface area contributed by atoms with Gasteiger partial charge in [-0.2, -0.15) is 5.10 Å². The number of halogens is 1. The number of rotatable bonds is 0. The number of fused-ring (bicyclic) bond motifs is 1. The number of imidazole rings is 1. The maximum Gasteiger partial charge on any atom is 0.196 e. The summed E-state index contributed by atoms with van der Waals surface area (Å²) in [5.41, 5.74) is 0.488. The zero-order chi connectivity index (χ0) is 6.97. The number of aromatic hydroxyl groups is 1. The summed E-state index contributed by atoms with van der Waals surface area (Å²) in [6.07, 6.45) is 4.78. The largest absolute Gasteiger partial charge is 0.504 e. The van der Waals surface area contributed by atoms with E-state index in [0.29, 0.717) is 5.65 Å². The standard InChI is InChI=1S/C6H5N3O.ClH/c10-5-1-2-8-9-4-3-7-6(5)9;/h1-4,10H;1H. The van der Waals surface area contributed by atoms with E-state index in [-0.39, 0.29) is 18.2 Å². The molecule has 0 aliphatic carbocycles. The molecule has 2 aromatic rings. The van der Waals surface area contributed by atoms with E-state index < -0.39 is 0 Å². The number of nitrogens with zero attached hydrogens (tertiary/aromatic N) is 3. The highest BCUT2D eigenvalue weighted by Gasteiger charge is 1.97. The van der Waals surface area contributed by atoms with Crippen molar-refractivity contribution in [3.05, 3.63) is 24.7 Å². The molecule has 0 aromatic carbocycles. The van der Waals surface area contributed by atoms with Crippen LogP contribution >= 0.6 is 12.4 Å². The lowest BCUT2D eigenvalue weighted by molar-refractivity contribution is 0.475. The van der Waals surface area contributed by atoms with E-state index in [0.717, 1.165) is 0 Å². The Kier molecular flexibility index (Phi) is 1.96. The summed E-state index contributed by atoms with van der Waals surface area (Å²) in [6.45, 7) is 0. The van der Waals surface area contributed by atoms with Crippen molar-refractivity contribution in [3.63, 3.8) is 0 Å². The molecular formula is C6H6ClN3O. The first-order valence-corrected chi connectivity index (χ1v) is 2.85. The lowest BCUT2D eigenvalue weighted by atomic mass is 10.5. The van der Waals surface area contributed by atoms with Crippen LogP contribution in [0.3, 0.4) is 0 Å². The minimum atomic E-state index is 0. The molecule has 5 heteroatoms. The van der Waals surface area contributed by atoms with Crippen molar-refractivity contribution in [2.45, 2.75) is 0 Å². The fourth-order valence-corrected chi connectivity index (χ4v) is 0.824. The summed E-state index contributed by atoms with van der Waals surface area (Å²) in [4.78, 5) is 3.87. The van der Waals surface area contributed by atoms with Crippen LogP contribution in [0.4, 0.5) is 0 Å². The van der Waals surface area contributed by atoms with Crippen LogP contribution in [0.1, 0.15) is 0 Å². The van der Waals surface area contributed by atoms with E-state index in [1.165, 1.54) is 16.8 Å². The first-order chi connectivity index (χ1) is 4.88. The van der Waals surface area contributed by atoms with E-state index in [1.54, 1.807) is 12.4 Å². The molecule has 0 radical (unpaired) electrons. The zero-order valence-electron chi connectivity index (χ0n) is 5.51. The van der Waals surface area contributed by atoms with Crippen molar-refractivity contribution in [2.24, 2.45) is 0 Å². The summed E-state index contributed by atoms with van der Waals surface area (Å²) < 4.78 is 1.51. The van der Waals surface area contributed by atoms with Crippen LogP contribution < -0.4 is 0 Å². The van der Waals surface area contributed by atoms with Crippen LogP contribution in [-0.2, 0) is 0 Å². The van der Waals surface area contributed by atoms with Crippen LogP contribution in [0.25, 0.3) is 5.65 Å². The Morgan fingerprint density at radius 1 is 1.36 bits per heavy atom. The summed E-state index contributed by atoms with van der Waals surface area (Å²) in [6, 6.07) is 1.50. The fraction of sp³-hybridized carbons (Fsp3) is 0. The highest BCUT2D eigenvalue weighted by atomic mass is 35.5. The fourth-order valence-electron chi connectivity index (χ4n) is 0.824. The van der Waals surface area contributed by atoms with Gasteiger partial charge in [0.2, 0.25) is 0 Å². The molecule has 0 amide bonds. The van der Waals surface area contributed by atoms with Gasteiger partial charge in [-0.15, -0.1) is 12.4 Å². The van der Waals surface area contributed by atoms with Crippen LogP contribution in [0.15, 0.2) is 24.7 Å². The van der Waals surface area contributed by atoms with Crippen molar-refractivity contribution in [2.75, 3.05) is 0 Å². The van der Waals surface area contributed by atoms with Crippen LogP contribution in [0, 0.1) is 0 Å². The third-order valence-electron chi connectivity index (χ3n) is 1.27. The highest BCUT2D eigenvalue weighted by molar-refractivity contribution is 5.85. The SMILES string of the molecule is Cl.Oc1ccnn2ccnc12. The average molecular weight is 172 g/mol. The van der Waals surface area contributed by atoms with Crippen LogP contribution in [-0.4, -0.2) is 19.7 Å². The Balaban J connectivity index is 0.000000605. The summed E-state index contributed by atoms with van der Waals surface area (Å²) >= 11 is 0. The topological polar surface area (TPSA) is 50.4 Å².